The van der Waals surface area contributed by atoms with Crippen molar-refractivity contribution in [1.82, 2.24) is 9.29 Å². The number of benzene rings is 1. The molecule has 20 heavy (non-hydrogen) atoms. The van der Waals surface area contributed by atoms with Crippen molar-refractivity contribution in [2.45, 2.75) is 13.3 Å². The van der Waals surface area contributed by atoms with Crippen LogP contribution >= 0.6 is 0 Å². The zero-order valence-electron chi connectivity index (χ0n) is 12.0. The largest absolute Gasteiger partial charge is 0.361 e. The Kier molecular flexibility index (Phi) is 3.22. The van der Waals surface area contributed by atoms with E-state index in [4.69, 9.17) is 0 Å². The molecular weight excluding hydrogens is 268 g/mol. The van der Waals surface area contributed by atoms with Gasteiger partial charge >= 0.3 is 0 Å². The maximum Gasteiger partial charge on any atom is 0.0462 e. The minimum absolute atomic E-state index is 0.715. The zero-order chi connectivity index (χ0) is 14.3. The summed E-state index contributed by atoms with van der Waals surface area (Å²) in [4.78, 5) is 3.34. The highest BCUT2D eigenvalue weighted by atomic mass is 32.2. The second-order valence-electron chi connectivity index (χ2n) is 5.58. The number of fused-ring (bicyclic) bond motifs is 1. The number of aromatic nitrogens is 1. The van der Waals surface area contributed by atoms with E-state index in [-0.39, 0.29) is 0 Å². The van der Waals surface area contributed by atoms with E-state index in [1.54, 1.807) is 6.26 Å². The molecule has 1 unspecified atom stereocenters. The molecule has 1 atom stereocenters. The molecule has 0 bridgehead atoms. The second-order valence-corrected chi connectivity index (χ2v) is 8.01. The number of aryl methyl sites for hydroxylation is 1. The van der Waals surface area contributed by atoms with Gasteiger partial charge in [0.1, 0.15) is 0 Å². The van der Waals surface area contributed by atoms with Crippen LogP contribution in [0.3, 0.4) is 0 Å². The minimum atomic E-state index is -2.09. The van der Waals surface area contributed by atoms with Crippen molar-refractivity contribution in [2.24, 2.45) is 0 Å². The van der Waals surface area contributed by atoms with Crippen molar-refractivity contribution in [3.8, 4) is 0 Å². The Hall–Kier alpha value is -1.52. The third-order valence-corrected chi connectivity index (χ3v) is 5.33. The Bertz CT molecular complexity index is 784. The summed E-state index contributed by atoms with van der Waals surface area (Å²) in [6.45, 7) is 3.62. The lowest BCUT2D eigenvalue weighted by Gasteiger charge is -2.27. The van der Waals surface area contributed by atoms with Gasteiger partial charge in [0, 0.05) is 51.7 Å². The van der Waals surface area contributed by atoms with Gasteiger partial charge in [0.2, 0.25) is 0 Å². The molecule has 0 aliphatic carbocycles. The van der Waals surface area contributed by atoms with Crippen LogP contribution in [0.4, 0.5) is 0 Å². The summed E-state index contributed by atoms with van der Waals surface area (Å²) in [7, 11) is -2.09. The molecule has 4 heteroatoms. The molecule has 3 rings (SSSR count). The lowest BCUT2D eigenvalue weighted by Crippen LogP contribution is -2.33. The highest BCUT2D eigenvalue weighted by Gasteiger charge is 2.18. The van der Waals surface area contributed by atoms with Crippen LogP contribution in [0.2, 0.25) is 0 Å². The molecular formula is C16H20N2OS. The summed E-state index contributed by atoms with van der Waals surface area (Å²) in [6, 6.07) is 6.49. The standard InChI is InChI=1S/C16H20N2OS/c1-12-4-5-14-15(11-17-16(14)10-12)13-6-8-18(9-7-13)20(2,3)19/h4-6,10-11,17H,2,7-9H2,1,3H3. The maximum atomic E-state index is 12.0. The SMILES string of the molecule is C=S(C)(=O)N1CC=C(c2c[nH]c3cc(C)ccc23)CC1. The number of H-pyrrole nitrogens is 1. The van der Waals surface area contributed by atoms with E-state index in [0.717, 1.165) is 13.0 Å². The molecule has 2 aromatic rings. The molecule has 1 aromatic carbocycles. The molecule has 0 fully saturated rings. The van der Waals surface area contributed by atoms with Crippen LogP contribution in [-0.4, -0.2) is 38.7 Å². The van der Waals surface area contributed by atoms with Crippen LogP contribution < -0.4 is 0 Å². The molecule has 0 saturated carbocycles. The predicted molar refractivity (Wildman–Crippen MR) is 88.4 cm³/mol. The molecule has 0 spiro atoms. The van der Waals surface area contributed by atoms with Crippen molar-refractivity contribution < 1.29 is 4.21 Å². The van der Waals surface area contributed by atoms with Gasteiger partial charge in [-0.05, 0) is 36.4 Å². The van der Waals surface area contributed by atoms with E-state index in [1.807, 2.05) is 4.31 Å². The normalized spacial score (nSPS) is 19.8. The van der Waals surface area contributed by atoms with Gasteiger partial charge in [-0.1, -0.05) is 18.2 Å². The van der Waals surface area contributed by atoms with Crippen molar-refractivity contribution in [1.29, 1.82) is 0 Å². The Balaban J connectivity index is 1.95. The van der Waals surface area contributed by atoms with Crippen LogP contribution in [0.5, 0.6) is 0 Å². The number of aromatic amines is 1. The van der Waals surface area contributed by atoms with E-state index >= 15 is 0 Å². The zero-order valence-corrected chi connectivity index (χ0v) is 12.8. The van der Waals surface area contributed by atoms with Crippen molar-refractivity contribution in [2.75, 3.05) is 19.3 Å². The summed E-state index contributed by atoms with van der Waals surface area (Å²) in [5, 5.41) is 1.27. The quantitative estimate of drug-likeness (QED) is 0.848. The van der Waals surface area contributed by atoms with Crippen molar-refractivity contribution >= 4 is 32.1 Å². The molecule has 1 aliphatic heterocycles. The maximum absolute atomic E-state index is 12.0. The van der Waals surface area contributed by atoms with Crippen LogP contribution in [-0.2, 0) is 9.71 Å². The molecule has 0 amide bonds. The summed E-state index contributed by atoms with van der Waals surface area (Å²) < 4.78 is 13.9. The Morgan fingerprint density at radius 2 is 2.20 bits per heavy atom. The van der Waals surface area contributed by atoms with Gasteiger partial charge in [0.05, 0.1) is 0 Å². The molecule has 2 heterocycles. The number of hydrogen-bond acceptors (Lipinski definition) is 1. The third-order valence-electron chi connectivity index (χ3n) is 3.90. The first-order valence-electron chi connectivity index (χ1n) is 6.79. The summed E-state index contributed by atoms with van der Waals surface area (Å²) in [5.74, 6) is 3.76. The Labute approximate surface area is 120 Å². The Morgan fingerprint density at radius 1 is 1.40 bits per heavy atom. The predicted octanol–water partition coefficient (Wildman–Crippen LogP) is 2.83. The fraction of sp³-hybridized carbons (Fsp3) is 0.312. The minimum Gasteiger partial charge on any atom is -0.361 e. The third kappa shape index (κ3) is 2.41. The average Bonchev–Trinajstić information content (AvgIpc) is 2.80. The molecule has 3 nitrogen and oxygen atoms in total. The van der Waals surface area contributed by atoms with Crippen LogP contribution in [0.15, 0.2) is 30.5 Å². The van der Waals surface area contributed by atoms with Crippen molar-refractivity contribution in [3.63, 3.8) is 0 Å². The van der Waals surface area contributed by atoms with Gasteiger partial charge in [-0.25, -0.2) is 4.31 Å². The van der Waals surface area contributed by atoms with E-state index in [2.05, 4.69) is 48.3 Å². The number of rotatable bonds is 2. The fourth-order valence-corrected chi connectivity index (χ4v) is 3.62. The number of nitrogens with one attached hydrogen (secondary N) is 1. The summed E-state index contributed by atoms with van der Waals surface area (Å²) in [6.07, 6.45) is 6.89. The van der Waals surface area contributed by atoms with Gasteiger partial charge in [-0.3, -0.25) is 4.21 Å². The van der Waals surface area contributed by atoms with Crippen LogP contribution in [0, 0.1) is 6.92 Å². The van der Waals surface area contributed by atoms with E-state index in [1.165, 1.54) is 27.6 Å². The molecule has 0 radical (unpaired) electrons. The first kappa shape index (κ1) is 13.5. The van der Waals surface area contributed by atoms with Crippen molar-refractivity contribution in [3.05, 3.63) is 41.6 Å². The average molecular weight is 288 g/mol. The van der Waals surface area contributed by atoms with E-state index in [0.29, 0.717) is 6.54 Å². The van der Waals surface area contributed by atoms with Crippen LogP contribution in [0.25, 0.3) is 16.5 Å². The second kappa shape index (κ2) is 4.79. The van der Waals surface area contributed by atoms with E-state index < -0.39 is 9.71 Å². The van der Waals surface area contributed by atoms with Gasteiger partial charge in [-0.15, -0.1) is 0 Å². The highest BCUT2D eigenvalue weighted by molar-refractivity contribution is 7.97. The monoisotopic (exact) mass is 288 g/mol. The first-order chi connectivity index (χ1) is 9.45. The lowest BCUT2D eigenvalue weighted by molar-refractivity contribution is 0.484. The van der Waals surface area contributed by atoms with E-state index in [9.17, 15) is 4.21 Å². The molecule has 1 aromatic heterocycles. The number of hydrogen-bond donors (Lipinski definition) is 1. The number of nitrogens with zero attached hydrogens (tertiary/aromatic N) is 1. The van der Waals surface area contributed by atoms with Crippen LogP contribution in [0.1, 0.15) is 17.5 Å². The molecule has 106 valence electrons. The van der Waals surface area contributed by atoms with Gasteiger partial charge in [-0.2, -0.15) is 0 Å². The molecule has 1 aliphatic rings. The smallest absolute Gasteiger partial charge is 0.0462 e. The topological polar surface area (TPSA) is 36.1 Å². The van der Waals surface area contributed by atoms with Gasteiger partial charge < -0.3 is 4.98 Å². The molecule has 1 N–H and O–H groups in total. The fourth-order valence-electron chi connectivity index (χ4n) is 2.75. The highest BCUT2D eigenvalue weighted by Crippen LogP contribution is 2.30. The summed E-state index contributed by atoms with van der Waals surface area (Å²) in [5.41, 5.74) is 5.04. The van der Waals surface area contributed by atoms with Gasteiger partial charge in [0.25, 0.3) is 0 Å². The lowest BCUT2D eigenvalue weighted by atomic mass is 9.99. The molecule has 0 saturated heterocycles. The first-order valence-corrected chi connectivity index (χ1v) is 8.89. The van der Waals surface area contributed by atoms with Gasteiger partial charge in [0.15, 0.2) is 0 Å². The summed E-state index contributed by atoms with van der Waals surface area (Å²) >= 11 is 0. The Morgan fingerprint density at radius 3 is 2.85 bits per heavy atom.